The number of hydrogen-bond donors (Lipinski definition) is 1. The molecule has 0 aliphatic carbocycles. The summed E-state index contributed by atoms with van der Waals surface area (Å²) in [5.41, 5.74) is 0. The van der Waals surface area contributed by atoms with Gasteiger partial charge in [0.1, 0.15) is 0 Å². The van der Waals surface area contributed by atoms with Gasteiger partial charge in [0.05, 0.1) is 19.3 Å². The molecule has 1 aromatic rings. The van der Waals surface area contributed by atoms with Crippen LogP contribution in [0.3, 0.4) is 0 Å². The summed E-state index contributed by atoms with van der Waals surface area (Å²) < 4.78 is 10.7. The molecule has 2 rings (SSSR count). The molecule has 130 valence electrons. The largest absolute Gasteiger partial charge is 0.377 e. The summed E-state index contributed by atoms with van der Waals surface area (Å²) in [5.74, 6) is 2.04. The maximum atomic E-state index is 12.4. The topological polar surface area (TPSA) is 80.5 Å². The molecule has 1 N–H and O–H groups in total. The summed E-state index contributed by atoms with van der Waals surface area (Å²) in [7, 11) is 0. The molecule has 2 amide bonds. The van der Waals surface area contributed by atoms with Crippen LogP contribution < -0.4 is 5.32 Å². The monoisotopic (exact) mass is 324 g/mol. The minimum absolute atomic E-state index is 0.0393. The van der Waals surface area contributed by atoms with Gasteiger partial charge in [0.15, 0.2) is 5.82 Å². The smallest absolute Gasteiger partial charge is 0.317 e. The van der Waals surface area contributed by atoms with Crippen LogP contribution in [0.25, 0.3) is 0 Å². The van der Waals surface area contributed by atoms with E-state index in [9.17, 15) is 4.79 Å². The van der Waals surface area contributed by atoms with Gasteiger partial charge in [0.2, 0.25) is 5.89 Å². The summed E-state index contributed by atoms with van der Waals surface area (Å²) >= 11 is 0. The van der Waals surface area contributed by atoms with Crippen LogP contribution in [0.2, 0.25) is 0 Å². The number of ether oxygens (including phenoxy) is 1. The Bertz CT molecular complexity index is 501. The van der Waals surface area contributed by atoms with Crippen molar-refractivity contribution in [3.63, 3.8) is 0 Å². The molecule has 23 heavy (non-hydrogen) atoms. The van der Waals surface area contributed by atoms with E-state index in [2.05, 4.69) is 29.3 Å². The quantitative estimate of drug-likeness (QED) is 0.867. The fourth-order valence-electron chi connectivity index (χ4n) is 2.64. The van der Waals surface area contributed by atoms with Gasteiger partial charge in [-0.1, -0.05) is 32.9 Å². The second-order valence-electron chi connectivity index (χ2n) is 6.73. The molecule has 7 heteroatoms. The molecule has 1 fully saturated rings. The van der Waals surface area contributed by atoms with E-state index in [0.29, 0.717) is 50.4 Å². The van der Waals surface area contributed by atoms with E-state index in [0.717, 1.165) is 6.42 Å². The van der Waals surface area contributed by atoms with E-state index in [-0.39, 0.29) is 18.0 Å². The number of amides is 2. The number of nitrogens with zero attached hydrogens (tertiary/aromatic N) is 3. The minimum Gasteiger partial charge on any atom is -0.377 e. The molecule has 1 aliphatic heterocycles. The Morgan fingerprint density at radius 3 is 2.83 bits per heavy atom. The van der Waals surface area contributed by atoms with Crippen LogP contribution in [0.4, 0.5) is 4.79 Å². The highest BCUT2D eigenvalue weighted by atomic mass is 16.5. The second kappa shape index (κ2) is 8.29. The Morgan fingerprint density at radius 1 is 1.39 bits per heavy atom. The van der Waals surface area contributed by atoms with Crippen LogP contribution in [0, 0.1) is 5.92 Å². The van der Waals surface area contributed by atoms with Crippen LogP contribution >= 0.6 is 0 Å². The molecule has 1 aliphatic rings. The number of morpholine rings is 1. The van der Waals surface area contributed by atoms with E-state index in [1.54, 1.807) is 0 Å². The van der Waals surface area contributed by atoms with Crippen LogP contribution in [0.1, 0.15) is 51.7 Å². The van der Waals surface area contributed by atoms with Crippen LogP contribution in [0.15, 0.2) is 4.52 Å². The van der Waals surface area contributed by atoms with Gasteiger partial charge in [-0.2, -0.15) is 4.98 Å². The lowest BCUT2D eigenvalue weighted by Crippen LogP contribution is -2.53. The first-order chi connectivity index (χ1) is 11.0. The molecule has 1 unspecified atom stereocenters. The van der Waals surface area contributed by atoms with E-state index >= 15 is 0 Å². The van der Waals surface area contributed by atoms with Crippen molar-refractivity contribution in [2.75, 3.05) is 26.3 Å². The molecule has 0 bridgehead atoms. The van der Waals surface area contributed by atoms with Crippen molar-refractivity contribution in [1.29, 1.82) is 0 Å². The van der Waals surface area contributed by atoms with Gasteiger partial charge >= 0.3 is 6.03 Å². The molecule has 1 atom stereocenters. The Morgan fingerprint density at radius 2 is 2.17 bits per heavy atom. The molecule has 0 aromatic carbocycles. The fraction of sp³-hybridized carbons (Fsp3) is 0.812. The molecule has 0 saturated carbocycles. The van der Waals surface area contributed by atoms with Gasteiger partial charge < -0.3 is 19.5 Å². The normalized spacial score (nSPS) is 18.7. The number of aromatic nitrogens is 2. The predicted octanol–water partition coefficient (Wildman–Crippen LogP) is 2.19. The average molecular weight is 324 g/mol. The number of carbonyl (C=O) groups is 1. The molecule has 1 aromatic heterocycles. The average Bonchev–Trinajstić information content (AvgIpc) is 2.96. The van der Waals surface area contributed by atoms with Crippen molar-refractivity contribution >= 4 is 6.03 Å². The Kier molecular flexibility index (Phi) is 6.38. The van der Waals surface area contributed by atoms with Gasteiger partial charge in [0, 0.05) is 25.4 Å². The third-order valence-corrected chi connectivity index (χ3v) is 3.85. The molecule has 1 saturated heterocycles. The molecule has 7 nitrogen and oxygen atoms in total. The Labute approximate surface area is 137 Å². The third-order valence-electron chi connectivity index (χ3n) is 3.85. The molecule has 0 spiro atoms. The number of rotatable bonds is 6. The van der Waals surface area contributed by atoms with E-state index in [1.807, 2.05) is 18.7 Å². The van der Waals surface area contributed by atoms with Crippen molar-refractivity contribution in [3.05, 3.63) is 11.7 Å². The highest BCUT2D eigenvalue weighted by Crippen LogP contribution is 2.15. The first-order valence-electron chi connectivity index (χ1n) is 8.42. The third kappa shape index (κ3) is 5.20. The van der Waals surface area contributed by atoms with Gasteiger partial charge in [-0.25, -0.2) is 4.79 Å². The Balaban J connectivity index is 1.80. The number of carbonyl (C=O) groups excluding carboxylic acids is 1. The summed E-state index contributed by atoms with van der Waals surface area (Å²) in [6, 6.07) is 0.113. The zero-order chi connectivity index (χ0) is 16.8. The van der Waals surface area contributed by atoms with Crippen molar-refractivity contribution in [3.8, 4) is 0 Å². The maximum absolute atomic E-state index is 12.4. The van der Waals surface area contributed by atoms with Gasteiger partial charge in [-0.15, -0.1) is 0 Å². The standard InChI is InChI=1S/C16H28N4O3/c1-11(2)9-13-10-22-8-7-20(13)16(21)17-6-5-14-18-15(12(3)4)19-23-14/h11-13H,5-10H2,1-4H3,(H,17,21). The number of hydrogen-bond acceptors (Lipinski definition) is 5. The summed E-state index contributed by atoms with van der Waals surface area (Å²) in [4.78, 5) is 18.6. The van der Waals surface area contributed by atoms with Crippen molar-refractivity contribution in [2.24, 2.45) is 5.92 Å². The summed E-state index contributed by atoms with van der Waals surface area (Å²) in [5, 5.41) is 6.87. The number of nitrogens with one attached hydrogen (secondary N) is 1. The predicted molar refractivity (Wildman–Crippen MR) is 86.3 cm³/mol. The Hall–Kier alpha value is -1.63. The minimum atomic E-state index is -0.0393. The highest BCUT2D eigenvalue weighted by molar-refractivity contribution is 5.74. The molecule has 2 heterocycles. The van der Waals surface area contributed by atoms with Crippen molar-refractivity contribution in [1.82, 2.24) is 20.4 Å². The molecular weight excluding hydrogens is 296 g/mol. The SMILES string of the molecule is CC(C)CC1COCCN1C(=O)NCCc1nc(C(C)C)no1. The van der Waals surface area contributed by atoms with Crippen LogP contribution in [-0.2, 0) is 11.2 Å². The van der Waals surface area contributed by atoms with Crippen molar-refractivity contribution in [2.45, 2.75) is 52.5 Å². The van der Waals surface area contributed by atoms with Crippen LogP contribution in [0.5, 0.6) is 0 Å². The second-order valence-corrected chi connectivity index (χ2v) is 6.73. The van der Waals surface area contributed by atoms with Gasteiger partial charge in [-0.05, 0) is 12.3 Å². The molecular formula is C16H28N4O3. The lowest BCUT2D eigenvalue weighted by molar-refractivity contribution is 0.00562. The maximum Gasteiger partial charge on any atom is 0.317 e. The zero-order valence-electron chi connectivity index (χ0n) is 14.5. The van der Waals surface area contributed by atoms with E-state index in [4.69, 9.17) is 9.26 Å². The molecule has 0 radical (unpaired) electrons. The first kappa shape index (κ1) is 17.7. The highest BCUT2D eigenvalue weighted by Gasteiger charge is 2.27. The zero-order valence-corrected chi connectivity index (χ0v) is 14.5. The summed E-state index contributed by atoms with van der Waals surface area (Å²) in [6.07, 6.45) is 1.50. The van der Waals surface area contributed by atoms with Gasteiger partial charge in [0.25, 0.3) is 0 Å². The first-order valence-corrected chi connectivity index (χ1v) is 8.42. The van der Waals surface area contributed by atoms with Crippen molar-refractivity contribution < 1.29 is 14.1 Å². The van der Waals surface area contributed by atoms with Crippen LogP contribution in [-0.4, -0.2) is 53.4 Å². The lowest BCUT2D eigenvalue weighted by atomic mass is 10.0. The van der Waals surface area contributed by atoms with E-state index < -0.39 is 0 Å². The lowest BCUT2D eigenvalue weighted by Gasteiger charge is -2.36. The number of urea groups is 1. The fourth-order valence-corrected chi connectivity index (χ4v) is 2.64. The van der Waals surface area contributed by atoms with E-state index in [1.165, 1.54) is 0 Å². The van der Waals surface area contributed by atoms with Gasteiger partial charge in [-0.3, -0.25) is 0 Å². The summed E-state index contributed by atoms with van der Waals surface area (Å²) in [6.45, 7) is 10.7.